The third-order valence-corrected chi connectivity index (χ3v) is 3.73. The van der Waals surface area contributed by atoms with E-state index in [1.807, 2.05) is 0 Å². The van der Waals surface area contributed by atoms with Crippen LogP contribution in [0.1, 0.15) is 90.9 Å². The summed E-state index contributed by atoms with van der Waals surface area (Å²) in [5.74, 6) is 0. The fourth-order valence-electron chi connectivity index (χ4n) is 2.53. The lowest BCUT2D eigenvalue weighted by Gasteiger charge is -2.29. The average Bonchev–Trinajstić information content (AvgIpc) is 2.31. The van der Waals surface area contributed by atoms with Gasteiger partial charge in [0.25, 0.3) is 0 Å². The van der Waals surface area contributed by atoms with Crippen LogP contribution >= 0.6 is 0 Å². The van der Waals surface area contributed by atoms with Gasteiger partial charge in [0, 0.05) is 5.54 Å². The molecule has 0 aromatic rings. The van der Waals surface area contributed by atoms with E-state index in [9.17, 15) is 0 Å². The molecule has 0 aromatic carbocycles. The van der Waals surface area contributed by atoms with Gasteiger partial charge in [-0.2, -0.15) is 0 Å². The lowest BCUT2D eigenvalue weighted by Crippen LogP contribution is -2.39. The van der Waals surface area contributed by atoms with Crippen molar-refractivity contribution in [1.29, 1.82) is 0 Å². The van der Waals surface area contributed by atoms with Crippen LogP contribution in [0, 0.1) is 6.92 Å². The van der Waals surface area contributed by atoms with Crippen molar-refractivity contribution in [3.05, 3.63) is 6.92 Å². The maximum atomic E-state index is 6.53. The zero-order chi connectivity index (χ0) is 13.0. The molecule has 1 heteroatoms. The van der Waals surface area contributed by atoms with Crippen LogP contribution in [0.3, 0.4) is 0 Å². The van der Waals surface area contributed by atoms with Gasteiger partial charge in [0.05, 0.1) is 0 Å². The van der Waals surface area contributed by atoms with Crippen molar-refractivity contribution in [3.8, 4) is 0 Å². The van der Waals surface area contributed by atoms with Crippen molar-refractivity contribution in [1.82, 2.24) is 0 Å². The van der Waals surface area contributed by atoms with E-state index >= 15 is 0 Å². The van der Waals surface area contributed by atoms with Gasteiger partial charge in [0.1, 0.15) is 0 Å². The first kappa shape index (κ1) is 17.0. The third kappa shape index (κ3) is 9.64. The summed E-state index contributed by atoms with van der Waals surface area (Å²) in [5.41, 5.74) is 6.62. The Morgan fingerprint density at radius 1 is 0.765 bits per heavy atom. The molecular weight excluding hydrogens is 206 g/mol. The van der Waals surface area contributed by atoms with E-state index in [4.69, 9.17) is 5.73 Å². The molecule has 0 atom stereocenters. The Kier molecular flexibility index (Phi) is 11.0. The average molecular weight is 240 g/mol. The van der Waals surface area contributed by atoms with Crippen molar-refractivity contribution >= 4 is 0 Å². The first-order chi connectivity index (χ1) is 8.18. The third-order valence-electron chi connectivity index (χ3n) is 3.73. The Bertz CT molecular complexity index is 142. The molecule has 2 N–H and O–H groups in total. The maximum Gasteiger partial charge on any atom is 0.0154 e. The van der Waals surface area contributed by atoms with Gasteiger partial charge >= 0.3 is 0 Å². The van der Waals surface area contributed by atoms with Crippen molar-refractivity contribution in [2.24, 2.45) is 5.73 Å². The van der Waals surface area contributed by atoms with E-state index in [1.54, 1.807) is 0 Å². The molecule has 0 aliphatic rings. The standard InChI is InChI=1S/C16H34N/c1-4-7-9-11-14-16(17,13-6-3)15-12-10-8-5-2/h3-15,17H2,1-2H3. The number of unbranched alkanes of at least 4 members (excludes halogenated alkanes) is 6. The summed E-state index contributed by atoms with van der Waals surface area (Å²) < 4.78 is 0. The number of hydrogen-bond acceptors (Lipinski definition) is 1. The first-order valence-electron chi connectivity index (χ1n) is 7.76. The Morgan fingerprint density at radius 2 is 1.24 bits per heavy atom. The van der Waals surface area contributed by atoms with Crippen LogP contribution in [0.4, 0.5) is 0 Å². The van der Waals surface area contributed by atoms with Gasteiger partial charge in [-0.05, 0) is 19.3 Å². The number of hydrogen-bond donors (Lipinski definition) is 1. The minimum absolute atomic E-state index is 0.0865. The molecule has 0 amide bonds. The molecule has 1 nitrogen and oxygen atoms in total. The van der Waals surface area contributed by atoms with E-state index in [1.165, 1.54) is 64.2 Å². The Labute approximate surface area is 110 Å². The van der Waals surface area contributed by atoms with Gasteiger partial charge in [-0.15, -0.1) is 0 Å². The predicted molar refractivity (Wildman–Crippen MR) is 79.0 cm³/mol. The maximum absolute atomic E-state index is 6.53. The predicted octanol–water partition coefficient (Wildman–Crippen LogP) is 5.24. The van der Waals surface area contributed by atoms with Gasteiger partial charge in [-0.25, -0.2) is 0 Å². The van der Waals surface area contributed by atoms with E-state index in [2.05, 4.69) is 20.8 Å². The topological polar surface area (TPSA) is 26.0 Å². The van der Waals surface area contributed by atoms with E-state index < -0.39 is 0 Å². The molecule has 0 aliphatic carbocycles. The fourth-order valence-corrected chi connectivity index (χ4v) is 2.53. The van der Waals surface area contributed by atoms with Crippen molar-refractivity contribution in [2.75, 3.05) is 0 Å². The van der Waals surface area contributed by atoms with Crippen LogP contribution in [0.2, 0.25) is 0 Å². The summed E-state index contributed by atoms with van der Waals surface area (Å²) in [6.45, 7) is 8.50. The van der Waals surface area contributed by atoms with Gasteiger partial charge in [-0.1, -0.05) is 78.6 Å². The molecule has 0 saturated heterocycles. The molecule has 0 aromatic heterocycles. The first-order valence-corrected chi connectivity index (χ1v) is 7.76. The monoisotopic (exact) mass is 240 g/mol. The summed E-state index contributed by atoms with van der Waals surface area (Å²) >= 11 is 0. The number of nitrogens with two attached hydrogens (primary N) is 1. The lowest BCUT2D eigenvalue weighted by molar-refractivity contribution is 0.316. The van der Waals surface area contributed by atoms with Gasteiger partial charge in [0.15, 0.2) is 0 Å². The smallest absolute Gasteiger partial charge is 0.0154 e. The highest BCUT2D eigenvalue weighted by Gasteiger charge is 2.22. The van der Waals surface area contributed by atoms with Crippen LogP contribution in [0.15, 0.2) is 0 Å². The molecule has 0 fully saturated rings. The number of rotatable bonds is 12. The Balaban J connectivity index is 3.80. The molecule has 0 saturated carbocycles. The SMILES string of the molecule is [CH2]CCC(N)(CCCCCC)CCCCCC. The summed E-state index contributed by atoms with van der Waals surface area (Å²) in [5, 5.41) is 0. The fraction of sp³-hybridized carbons (Fsp3) is 0.938. The van der Waals surface area contributed by atoms with Crippen LogP contribution in [0.25, 0.3) is 0 Å². The minimum Gasteiger partial charge on any atom is -0.325 e. The molecule has 17 heavy (non-hydrogen) atoms. The molecule has 0 heterocycles. The quantitative estimate of drug-likeness (QED) is 0.464. The Morgan fingerprint density at radius 3 is 1.59 bits per heavy atom. The zero-order valence-corrected chi connectivity index (χ0v) is 12.3. The molecule has 0 spiro atoms. The summed E-state index contributed by atoms with van der Waals surface area (Å²) in [6.07, 6.45) is 15.1. The van der Waals surface area contributed by atoms with Crippen LogP contribution in [-0.2, 0) is 0 Å². The lowest BCUT2D eigenvalue weighted by atomic mass is 9.83. The second-order valence-electron chi connectivity index (χ2n) is 5.59. The normalized spacial score (nSPS) is 12.0. The Hall–Kier alpha value is -0.0400. The van der Waals surface area contributed by atoms with Crippen molar-refractivity contribution < 1.29 is 0 Å². The highest BCUT2D eigenvalue weighted by Crippen LogP contribution is 2.25. The van der Waals surface area contributed by atoms with Gasteiger partial charge < -0.3 is 5.73 Å². The molecule has 0 unspecified atom stereocenters. The van der Waals surface area contributed by atoms with E-state index in [0.717, 1.165) is 12.8 Å². The minimum atomic E-state index is 0.0865. The zero-order valence-electron chi connectivity index (χ0n) is 12.3. The molecule has 103 valence electrons. The molecule has 0 rings (SSSR count). The van der Waals surface area contributed by atoms with Crippen LogP contribution in [-0.4, -0.2) is 5.54 Å². The van der Waals surface area contributed by atoms with Gasteiger partial charge in [0.2, 0.25) is 0 Å². The van der Waals surface area contributed by atoms with E-state index in [0.29, 0.717) is 0 Å². The second-order valence-corrected chi connectivity index (χ2v) is 5.59. The van der Waals surface area contributed by atoms with Crippen molar-refractivity contribution in [2.45, 2.75) is 96.4 Å². The summed E-state index contributed by atoms with van der Waals surface area (Å²) in [6, 6.07) is 0. The largest absolute Gasteiger partial charge is 0.325 e. The highest BCUT2D eigenvalue weighted by molar-refractivity contribution is 4.84. The second kappa shape index (κ2) is 11.1. The summed E-state index contributed by atoms with van der Waals surface area (Å²) in [7, 11) is 0. The molecule has 0 bridgehead atoms. The molecule has 1 radical (unpaired) electrons. The van der Waals surface area contributed by atoms with Crippen LogP contribution in [0.5, 0.6) is 0 Å². The summed E-state index contributed by atoms with van der Waals surface area (Å²) in [4.78, 5) is 0. The van der Waals surface area contributed by atoms with Crippen LogP contribution < -0.4 is 5.73 Å². The highest BCUT2D eigenvalue weighted by atomic mass is 14.7. The molecule has 0 aliphatic heterocycles. The van der Waals surface area contributed by atoms with Gasteiger partial charge in [-0.3, -0.25) is 0 Å². The molecular formula is C16H34N. The van der Waals surface area contributed by atoms with Crippen molar-refractivity contribution in [3.63, 3.8) is 0 Å². The van der Waals surface area contributed by atoms with E-state index in [-0.39, 0.29) is 5.54 Å².